The second-order valence-corrected chi connectivity index (χ2v) is 3.68. The summed E-state index contributed by atoms with van der Waals surface area (Å²) in [6, 6.07) is 0. The fourth-order valence-electron chi connectivity index (χ4n) is 0.803. The van der Waals surface area contributed by atoms with Crippen LogP contribution in [0.5, 0.6) is 0 Å². The molecule has 0 bridgehead atoms. The summed E-state index contributed by atoms with van der Waals surface area (Å²) < 4.78 is 0. The molecule has 0 unspecified atom stereocenters. The lowest BCUT2D eigenvalue weighted by molar-refractivity contribution is -0.125. The zero-order valence-corrected chi connectivity index (χ0v) is 9.02. The van der Waals surface area contributed by atoms with Crippen LogP contribution in [-0.2, 0) is 9.59 Å². The van der Waals surface area contributed by atoms with Gasteiger partial charge < -0.3 is 16.4 Å². The molecule has 0 saturated heterocycles. The molecule has 0 heterocycles. The van der Waals surface area contributed by atoms with Crippen molar-refractivity contribution >= 4 is 11.8 Å². The van der Waals surface area contributed by atoms with E-state index in [-0.39, 0.29) is 18.2 Å². The Balaban J connectivity index is 3.65. The summed E-state index contributed by atoms with van der Waals surface area (Å²) in [6.45, 7) is 6.02. The number of rotatable bonds is 5. The first-order valence-corrected chi connectivity index (χ1v) is 4.71. The lowest BCUT2D eigenvalue weighted by atomic mass is 10.1. The topological polar surface area (TPSA) is 84.2 Å². The molecule has 0 fully saturated rings. The monoisotopic (exact) mass is 201 g/mol. The second-order valence-electron chi connectivity index (χ2n) is 3.68. The minimum absolute atomic E-state index is 0.0670. The van der Waals surface area contributed by atoms with Gasteiger partial charge in [-0.1, -0.05) is 0 Å². The SMILES string of the molecule is CCNC(=O)CCNC(=O)C(C)(C)N. The third-order valence-corrected chi connectivity index (χ3v) is 1.60. The molecule has 0 aromatic heterocycles. The molecule has 0 radical (unpaired) electrons. The van der Waals surface area contributed by atoms with Crippen LogP contribution in [0.2, 0.25) is 0 Å². The van der Waals surface area contributed by atoms with E-state index in [1.54, 1.807) is 13.8 Å². The molecule has 0 aliphatic heterocycles. The van der Waals surface area contributed by atoms with Crippen LogP contribution in [0.15, 0.2) is 0 Å². The van der Waals surface area contributed by atoms with Gasteiger partial charge in [-0.3, -0.25) is 9.59 Å². The highest BCUT2D eigenvalue weighted by atomic mass is 16.2. The number of amides is 2. The molecular weight excluding hydrogens is 182 g/mol. The maximum Gasteiger partial charge on any atom is 0.239 e. The summed E-state index contributed by atoms with van der Waals surface area (Å²) in [4.78, 5) is 22.2. The van der Waals surface area contributed by atoms with Crippen molar-refractivity contribution in [3.05, 3.63) is 0 Å². The Hall–Kier alpha value is -1.10. The number of nitrogens with two attached hydrogens (primary N) is 1. The predicted molar refractivity (Wildman–Crippen MR) is 54.6 cm³/mol. The number of carbonyl (C=O) groups is 2. The molecular formula is C9H19N3O2. The zero-order valence-electron chi connectivity index (χ0n) is 9.02. The fourth-order valence-corrected chi connectivity index (χ4v) is 0.803. The van der Waals surface area contributed by atoms with Crippen LogP contribution >= 0.6 is 0 Å². The van der Waals surface area contributed by atoms with Crippen molar-refractivity contribution in [2.24, 2.45) is 5.73 Å². The summed E-state index contributed by atoms with van der Waals surface area (Å²) in [6.07, 6.45) is 0.287. The van der Waals surface area contributed by atoms with Crippen LogP contribution in [0, 0.1) is 0 Å². The highest BCUT2D eigenvalue weighted by Gasteiger charge is 2.20. The van der Waals surface area contributed by atoms with Crippen molar-refractivity contribution in [3.8, 4) is 0 Å². The normalized spacial score (nSPS) is 10.9. The summed E-state index contributed by atoms with van der Waals surface area (Å²) in [5.41, 5.74) is 4.65. The first-order valence-electron chi connectivity index (χ1n) is 4.71. The highest BCUT2D eigenvalue weighted by molar-refractivity contribution is 5.85. The molecule has 14 heavy (non-hydrogen) atoms. The Kier molecular flexibility index (Phi) is 5.15. The molecule has 4 N–H and O–H groups in total. The fraction of sp³-hybridized carbons (Fsp3) is 0.778. The van der Waals surface area contributed by atoms with E-state index >= 15 is 0 Å². The molecule has 0 saturated carbocycles. The van der Waals surface area contributed by atoms with Crippen molar-refractivity contribution in [1.82, 2.24) is 10.6 Å². The van der Waals surface area contributed by atoms with Crippen LogP contribution in [0.3, 0.4) is 0 Å². The van der Waals surface area contributed by atoms with Gasteiger partial charge in [-0.15, -0.1) is 0 Å². The molecule has 2 amide bonds. The first-order chi connectivity index (χ1) is 6.38. The Morgan fingerprint density at radius 3 is 2.29 bits per heavy atom. The Bertz CT molecular complexity index is 209. The van der Waals surface area contributed by atoms with Crippen molar-refractivity contribution in [1.29, 1.82) is 0 Å². The van der Waals surface area contributed by atoms with E-state index in [0.29, 0.717) is 13.1 Å². The molecule has 0 rings (SSSR count). The minimum atomic E-state index is -0.888. The van der Waals surface area contributed by atoms with Crippen LogP contribution in [-0.4, -0.2) is 30.4 Å². The van der Waals surface area contributed by atoms with Gasteiger partial charge in [0.1, 0.15) is 0 Å². The summed E-state index contributed by atoms with van der Waals surface area (Å²) in [7, 11) is 0. The maximum absolute atomic E-state index is 11.2. The lowest BCUT2D eigenvalue weighted by Crippen LogP contribution is -2.49. The maximum atomic E-state index is 11.2. The number of hydrogen-bond acceptors (Lipinski definition) is 3. The number of hydrogen-bond donors (Lipinski definition) is 3. The Morgan fingerprint density at radius 1 is 1.29 bits per heavy atom. The molecule has 0 aromatic rings. The molecule has 5 heteroatoms. The predicted octanol–water partition coefficient (Wildman–Crippen LogP) is -0.634. The van der Waals surface area contributed by atoms with Gasteiger partial charge >= 0.3 is 0 Å². The van der Waals surface area contributed by atoms with Crippen molar-refractivity contribution in [2.45, 2.75) is 32.7 Å². The average Bonchev–Trinajstić information content (AvgIpc) is 2.02. The van der Waals surface area contributed by atoms with Gasteiger partial charge in [-0.25, -0.2) is 0 Å². The smallest absolute Gasteiger partial charge is 0.239 e. The molecule has 0 aliphatic carbocycles. The molecule has 0 aromatic carbocycles. The number of nitrogens with one attached hydrogen (secondary N) is 2. The number of carbonyl (C=O) groups excluding carboxylic acids is 2. The summed E-state index contributed by atoms with van der Waals surface area (Å²) in [5.74, 6) is -0.315. The van der Waals surface area contributed by atoms with Gasteiger partial charge in [0.05, 0.1) is 5.54 Å². The minimum Gasteiger partial charge on any atom is -0.356 e. The van der Waals surface area contributed by atoms with Gasteiger partial charge in [0, 0.05) is 19.5 Å². The molecule has 5 nitrogen and oxygen atoms in total. The van der Waals surface area contributed by atoms with E-state index in [0.717, 1.165) is 0 Å². The van der Waals surface area contributed by atoms with Crippen LogP contribution < -0.4 is 16.4 Å². The third-order valence-electron chi connectivity index (χ3n) is 1.60. The lowest BCUT2D eigenvalue weighted by Gasteiger charge is -2.17. The van der Waals surface area contributed by atoms with E-state index in [1.165, 1.54) is 0 Å². The molecule has 0 spiro atoms. The van der Waals surface area contributed by atoms with Crippen LogP contribution in [0.4, 0.5) is 0 Å². The molecule has 0 atom stereocenters. The van der Waals surface area contributed by atoms with E-state index in [4.69, 9.17) is 5.73 Å². The van der Waals surface area contributed by atoms with Gasteiger partial charge in [-0.05, 0) is 20.8 Å². The highest BCUT2D eigenvalue weighted by Crippen LogP contribution is 1.95. The van der Waals surface area contributed by atoms with Crippen molar-refractivity contribution < 1.29 is 9.59 Å². The molecule has 82 valence electrons. The third kappa shape index (κ3) is 5.53. The average molecular weight is 201 g/mol. The first kappa shape index (κ1) is 12.9. The van der Waals surface area contributed by atoms with Gasteiger partial charge in [-0.2, -0.15) is 0 Å². The van der Waals surface area contributed by atoms with Gasteiger partial charge in [0.25, 0.3) is 0 Å². The Labute approximate surface area is 84.4 Å². The summed E-state index contributed by atoms with van der Waals surface area (Å²) >= 11 is 0. The second kappa shape index (κ2) is 5.59. The van der Waals surface area contributed by atoms with E-state index in [9.17, 15) is 9.59 Å². The largest absolute Gasteiger partial charge is 0.356 e. The Morgan fingerprint density at radius 2 is 1.86 bits per heavy atom. The molecule has 0 aliphatic rings. The van der Waals surface area contributed by atoms with Crippen LogP contribution in [0.1, 0.15) is 27.2 Å². The van der Waals surface area contributed by atoms with Crippen molar-refractivity contribution in [2.75, 3.05) is 13.1 Å². The standard InChI is InChI=1S/C9H19N3O2/c1-4-11-7(13)5-6-12-8(14)9(2,3)10/h4-6,10H2,1-3H3,(H,11,13)(H,12,14). The van der Waals surface area contributed by atoms with E-state index < -0.39 is 5.54 Å². The van der Waals surface area contributed by atoms with Crippen LogP contribution in [0.25, 0.3) is 0 Å². The van der Waals surface area contributed by atoms with Gasteiger partial charge in [0.2, 0.25) is 11.8 Å². The summed E-state index contributed by atoms with van der Waals surface area (Å²) in [5, 5.41) is 5.22. The van der Waals surface area contributed by atoms with E-state index in [2.05, 4.69) is 10.6 Å². The zero-order chi connectivity index (χ0) is 11.2. The van der Waals surface area contributed by atoms with E-state index in [1.807, 2.05) is 6.92 Å². The van der Waals surface area contributed by atoms with Gasteiger partial charge in [0.15, 0.2) is 0 Å². The van der Waals surface area contributed by atoms with Crippen molar-refractivity contribution in [3.63, 3.8) is 0 Å². The quantitative estimate of drug-likeness (QED) is 0.553.